The number of nitrogens with one attached hydrogen (secondary N) is 1. The van der Waals surface area contributed by atoms with Crippen molar-refractivity contribution in [2.75, 3.05) is 6.54 Å². The second-order valence-electron chi connectivity index (χ2n) is 4.59. The molecule has 19 heavy (non-hydrogen) atoms. The number of aryl methyl sites for hydroxylation is 2. The van der Waals surface area contributed by atoms with Gasteiger partial charge in [-0.05, 0) is 19.9 Å². The van der Waals surface area contributed by atoms with Crippen molar-refractivity contribution in [3.63, 3.8) is 0 Å². The van der Waals surface area contributed by atoms with E-state index < -0.39 is 0 Å². The largest absolute Gasteiger partial charge is 0.308 e. The van der Waals surface area contributed by atoms with Gasteiger partial charge in [0.25, 0.3) is 0 Å². The summed E-state index contributed by atoms with van der Waals surface area (Å²) in [6.45, 7) is 5.13. The van der Waals surface area contributed by atoms with E-state index in [1.54, 1.807) is 17.5 Å². The summed E-state index contributed by atoms with van der Waals surface area (Å²) >= 11 is 7.95. The van der Waals surface area contributed by atoms with Gasteiger partial charge in [-0.3, -0.25) is 4.68 Å². The maximum atomic E-state index is 6.25. The van der Waals surface area contributed by atoms with E-state index in [4.69, 9.17) is 11.6 Å². The Balaban J connectivity index is 2.20. The minimum atomic E-state index is 0.158. The standard InChI is InChI=1S/C13H19ClN4S/c1-4-5-15-11(6-12-17-9(2)8-19-12)13-10(14)7-16-18(13)3/h7-8,11,15H,4-6H2,1-3H3. The van der Waals surface area contributed by atoms with E-state index in [0.717, 1.165) is 35.8 Å². The van der Waals surface area contributed by atoms with Crippen LogP contribution in [0.4, 0.5) is 0 Å². The molecule has 0 spiro atoms. The molecule has 1 atom stereocenters. The third kappa shape index (κ3) is 3.55. The van der Waals surface area contributed by atoms with Crippen LogP contribution >= 0.6 is 22.9 Å². The monoisotopic (exact) mass is 298 g/mol. The molecule has 2 aromatic heterocycles. The molecule has 0 radical (unpaired) electrons. The summed E-state index contributed by atoms with van der Waals surface area (Å²) < 4.78 is 1.84. The highest BCUT2D eigenvalue weighted by Gasteiger charge is 2.20. The molecule has 0 bridgehead atoms. The van der Waals surface area contributed by atoms with Crippen LogP contribution in [0.1, 0.15) is 35.8 Å². The first-order valence-electron chi connectivity index (χ1n) is 6.43. The quantitative estimate of drug-likeness (QED) is 0.891. The van der Waals surface area contributed by atoms with E-state index in [-0.39, 0.29) is 6.04 Å². The molecule has 6 heteroatoms. The molecule has 0 saturated carbocycles. The predicted molar refractivity (Wildman–Crippen MR) is 79.8 cm³/mol. The molecule has 4 nitrogen and oxygen atoms in total. The first-order valence-corrected chi connectivity index (χ1v) is 7.69. The zero-order valence-corrected chi connectivity index (χ0v) is 13.1. The Morgan fingerprint density at radius 3 is 2.84 bits per heavy atom. The summed E-state index contributed by atoms with van der Waals surface area (Å²) in [5.74, 6) is 0. The minimum absolute atomic E-state index is 0.158. The summed E-state index contributed by atoms with van der Waals surface area (Å²) in [4.78, 5) is 4.53. The van der Waals surface area contributed by atoms with Crippen molar-refractivity contribution < 1.29 is 0 Å². The number of thiazole rings is 1. The summed E-state index contributed by atoms with van der Waals surface area (Å²) in [6, 6.07) is 0.158. The molecule has 0 amide bonds. The van der Waals surface area contributed by atoms with Crippen LogP contribution in [0.15, 0.2) is 11.6 Å². The Morgan fingerprint density at radius 2 is 2.32 bits per heavy atom. The molecule has 0 aromatic carbocycles. The molecule has 2 rings (SSSR count). The summed E-state index contributed by atoms with van der Waals surface area (Å²) in [5.41, 5.74) is 2.10. The number of aromatic nitrogens is 3. The van der Waals surface area contributed by atoms with Gasteiger partial charge in [-0.15, -0.1) is 11.3 Å². The number of halogens is 1. The highest BCUT2D eigenvalue weighted by atomic mass is 35.5. The smallest absolute Gasteiger partial charge is 0.0947 e. The van der Waals surface area contributed by atoms with Gasteiger partial charge in [-0.25, -0.2) is 4.98 Å². The van der Waals surface area contributed by atoms with Crippen LogP contribution in [0.2, 0.25) is 5.02 Å². The van der Waals surface area contributed by atoms with Gasteiger partial charge in [0.1, 0.15) is 0 Å². The van der Waals surface area contributed by atoms with Gasteiger partial charge < -0.3 is 5.32 Å². The minimum Gasteiger partial charge on any atom is -0.308 e. The summed E-state index contributed by atoms with van der Waals surface area (Å²) in [6.07, 6.45) is 3.63. The molecule has 1 N–H and O–H groups in total. The molecule has 0 saturated heterocycles. The van der Waals surface area contributed by atoms with E-state index in [2.05, 4.69) is 27.7 Å². The fraction of sp³-hybridized carbons (Fsp3) is 0.538. The normalized spacial score (nSPS) is 12.8. The Kier molecular flexibility index (Phi) is 4.96. The van der Waals surface area contributed by atoms with Crippen molar-refractivity contribution in [3.8, 4) is 0 Å². The highest BCUT2D eigenvalue weighted by molar-refractivity contribution is 7.09. The van der Waals surface area contributed by atoms with Crippen molar-refractivity contribution >= 4 is 22.9 Å². The van der Waals surface area contributed by atoms with Crippen LogP contribution < -0.4 is 5.32 Å². The SMILES string of the molecule is CCCNC(Cc1nc(C)cs1)c1c(Cl)cnn1C. The lowest BCUT2D eigenvalue weighted by atomic mass is 10.1. The van der Waals surface area contributed by atoms with Gasteiger partial charge in [0.2, 0.25) is 0 Å². The van der Waals surface area contributed by atoms with Gasteiger partial charge in [0.05, 0.1) is 28.0 Å². The van der Waals surface area contributed by atoms with E-state index in [1.165, 1.54) is 0 Å². The van der Waals surface area contributed by atoms with Gasteiger partial charge in [-0.1, -0.05) is 18.5 Å². The maximum Gasteiger partial charge on any atom is 0.0947 e. The number of hydrogen-bond donors (Lipinski definition) is 1. The van der Waals surface area contributed by atoms with Gasteiger partial charge in [0.15, 0.2) is 0 Å². The molecule has 2 aromatic rings. The number of rotatable bonds is 6. The van der Waals surface area contributed by atoms with Crippen molar-refractivity contribution in [2.24, 2.45) is 7.05 Å². The van der Waals surface area contributed by atoms with Crippen LogP contribution in [0.5, 0.6) is 0 Å². The number of nitrogens with zero attached hydrogens (tertiary/aromatic N) is 3. The van der Waals surface area contributed by atoms with Crippen LogP contribution in [0.3, 0.4) is 0 Å². The Labute approximate surface area is 122 Å². The van der Waals surface area contributed by atoms with E-state index in [0.29, 0.717) is 5.02 Å². The Bertz CT molecular complexity index is 515. The molecule has 0 aliphatic carbocycles. The predicted octanol–water partition coefficient (Wildman–Crippen LogP) is 3.12. The zero-order chi connectivity index (χ0) is 13.8. The van der Waals surface area contributed by atoms with Crippen LogP contribution in [-0.4, -0.2) is 21.3 Å². The average molecular weight is 299 g/mol. The molecule has 104 valence electrons. The van der Waals surface area contributed by atoms with E-state index in [1.807, 2.05) is 18.7 Å². The average Bonchev–Trinajstić information content (AvgIpc) is 2.92. The van der Waals surface area contributed by atoms with Gasteiger partial charge in [0, 0.05) is 24.5 Å². The van der Waals surface area contributed by atoms with Crippen molar-refractivity contribution in [3.05, 3.63) is 33.0 Å². The van der Waals surface area contributed by atoms with E-state index >= 15 is 0 Å². The van der Waals surface area contributed by atoms with Crippen molar-refractivity contribution in [1.82, 2.24) is 20.1 Å². The van der Waals surface area contributed by atoms with Crippen LogP contribution in [-0.2, 0) is 13.5 Å². The lowest BCUT2D eigenvalue weighted by molar-refractivity contribution is 0.492. The lowest BCUT2D eigenvalue weighted by Crippen LogP contribution is -2.26. The van der Waals surface area contributed by atoms with E-state index in [9.17, 15) is 0 Å². The second kappa shape index (κ2) is 6.50. The molecular formula is C13H19ClN4S. The first-order chi connectivity index (χ1) is 9.11. The van der Waals surface area contributed by atoms with Gasteiger partial charge in [-0.2, -0.15) is 5.10 Å². The van der Waals surface area contributed by atoms with Crippen LogP contribution in [0, 0.1) is 6.92 Å². The van der Waals surface area contributed by atoms with Crippen LogP contribution in [0.25, 0.3) is 0 Å². The van der Waals surface area contributed by atoms with Crippen molar-refractivity contribution in [2.45, 2.75) is 32.7 Å². The molecule has 0 aliphatic rings. The zero-order valence-electron chi connectivity index (χ0n) is 11.5. The molecule has 0 fully saturated rings. The topological polar surface area (TPSA) is 42.7 Å². The Hall–Kier alpha value is -0.910. The first kappa shape index (κ1) is 14.5. The lowest BCUT2D eigenvalue weighted by Gasteiger charge is -2.18. The van der Waals surface area contributed by atoms with Gasteiger partial charge >= 0.3 is 0 Å². The summed E-state index contributed by atoms with van der Waals surface area (Å²) in [5, 5.41) is 11.7. The maximum absolute atomic E-state index is 6.25. The fourth-order valence-corrected chi connectivity index (χ4v) is 3.18. The molecular weight excluding hydrogens is 280 g/mol. The highest BCUT2D eigenvalue weighted by Crippen LogP contribution is 2.26. The molecule has 2 heterocycles. The summed E-state index contributed by atoms with van der Waals surface area (Å²) in [7, 11) is 1.93. The van der Waals surface area contributed by atoms with Crippen molar-refractivity contribution in [1.29, 1.82) is 0 Å². The Morgan fingerprint density at radius 1 is 1.53 bits per heavy atom. The third-order valence-electron chi connectivity index (χ3n) is 2.95. The number of hydrogen-bond acceptors (Lipinski definition) is 4. The second-order valence-corrected chi connectivity index (χ2v) is 5.94. The fourth-order valence-electron chi connectivity index (χ4n) is 2.07. The molecule has 1 unspecified atom stereocenters. The molecule has 0 aliphatic heterocycles. The third-order valence-corrected chi connectivity index (χ3v) is 4.23.